The summed E-state index contributed by atoms with van der Waals surface area (Å²) in [5.74, 6) is 0.709. The molecule has 0 fully saturated rings. The smallest absolute Gasteiger partial charge is 0.364 e. The molecule has 0 radical (unpaired) electrons. The Morgan fingerprint density at radius 3 is 2.70 bits per heavy atom. The second kappa shape index (κ2) is 8.13. The summed E-state index contributed by atoms with van der Waals surface area (Å²) in [7, 11) is 1.48. The van der Waals surface area contributed by atoms with Crippen molar-refractivity contribution in [1.29, 1.82) is 0 Å². The maximum Gasteiger partial charge on any atom is 0.364 e. The van der Waals surface area contributed by atoms with Gasteiger partial charge in [0.05, 0.1) is 18.9 Å². The fourth-order valence-electron chi connectivity index (χ4n) is 2.38. The predicted molar refractivity (Wildman–Crippen MR) is 99.6 cm³/mol. The van der Waals surface area contributed by atoms with E-state index < -0.39 is 11.7 Å². The molecule has 8 heteroatoms. The molecule has 1 heterocycles. The molecule has 0 unspecified atom stereocenters. The average molecular weight is 366 g/mol. The van der Waals surface area contributed by atoms with Crippen LogP contribution in [0.5, 0.6) is 11.5 Å². The Kier molecular flexibility index (Phi) is 5.46. The number of rotatable bonds is 6. The number of aryl methyl sites for hydroxylation is 1. The van der Waals surface area contributed by atoms with Crippen LogP contribution in [0, 0.1) is 0 Å². The van der Waals surface area contributed by atoms with Gasteiger partial charge in [-0.2, -0.15) is 14.9 Å². The van der Waals surface area contributed by atoms with E-state index in [2.05, 4.69) is 15.3 Å². The van der Waals surface area contributed by atoms with E-state index in [-0.39, 0.29) is 0 Å². The fraction of sp³-hybridized carbons (Fsp3) is 0.158. The normalized spacial score (nSPS) is 10.9. The lowest BCUT2D eigenvalue weighted by molar-refractivity contribution is 0.0729. The summed E-state index contributed by atoms with van der Waals surface area (Å²) in [4.78, 5) is 23.9. The molecule has 0 amide bonds. The topological polar surface area (TPSA) is 98.6 Å². The molecular formula is C19H18N4O4. The van der Waals surface area contributed by atoms with Crippen LogP contribution in [0.4, 0.5) is 0 Å². The van der Waals surface area contributed by atoms with Gasteiger partial charge in [0.15, 0.2) is 17.3 Å². The highest BCUT2D eigenvalue weighted by Crippen LogP contribution is 2.28. The van der Waals surface area contributed by atoms with E-state index in [1.54, 1.807) is 42.5 Å². The Balaban J connectivity index is 1.82. The Hall–Kier alpha value is -3.68. The molecule has 0 aliphatic heterocycles. The van der Waals surface area contributed by atoms with E-state index >= 15 is 0 Å². The first-order valence-corrected chi connectivity index (χ1v) is 8.28. The Morgan fingerprint density at radius 1 is 1.22 bits per heavy atom. The maximum atomic E-state index is 12.2. The van der Waals surface area contributed by atoms with E-state index in [1.165, 1.54) is 18.0 Å². The first-order valence-electron chi connectivity index (χ1n) is 8.28. The first kappa shape index (κ1) is 18.1. The number of nitrogens with one attached hydrogen (secondary N) is 1. The lowest BCUT2D eigenvalue weighted by Crippen LogP contribution is -2.14. The number of carbonyl (C=O) groups excluding carboxylic acids is 1. The van der Waals surface area contributed by atoms with E-state index in [1.807, 2.05) is 13.0 Å². The summed E-state index contributed by atoms with van der Waals surface area (Å²) < 4.78 is 11.9. The number of benzene rings is 2. The van der Waals surface area contributed by atoms with Gasteiger partial charge in [0.25, 0.3) is 0 Å². The quantitative estimate of drug-likeness (QED) is 0.410. The Morgan fingerprint density at radius 2 is 2.00 bits per heavy atom. The minimum atomic E-state index is -0.479. The second-order valence-electron chi connectivity index (χ2n) is 5.52. The summed E-state index contributed by atoms with van der Waals surface area (Å²) in [6.07, 6.45) is 2.06. The summed E-state index contributed by atoms with van der Waals surface area (Å²) in [5, 5.41) is 10.4. The molecule has 0 bridgehead atoms. The predicted octanol–water partition coefficient (Wildman–Crippen LogP) is 2.24. The number of nitrogens with zero attached hydrogens (tertiary/aromatic N) is 3. The molecule has 0 saturated carbocycles. The summed E-state index contributed by atoms with van der Waals surface area (Å²) in [6.45, 7) is 1.88. The highest BCUT2D eigenvalue weighted by molar-refractivity contribution is 5.91. The van der Waals surface area contributed by atoms with E-state index in [0.717, 1.165) is 0 Å². The van der Waals surface area contributed by atoms with E-state index in [0.29, 0.717) is 34.9 Å². The fourth-order valence-corrected chi connectivity index (χ4v) is 2.38. The summed E-state index contributed by atoms with van der Waals surface area (Å²) in [6, 6.07) is 13.7. The maximum absolute atomic E-state index is 12.2. The molecule has 1 N–H and O–H groups in total. The van der Waals surface area contributed by atoms with Crippen molar-refractivity contribution in [2.75, 3.05) is 7.11 Å². The monoisotopic (exact) mass is 366 g/mol. The van der Waals surface area contributed by atoms with Gasteiger partial charge in [-0.15, -0.1) is 0 Å². The number of esters is 1. The number of carbonyl (C=O) groups is 1. The van der Waals surface area contributed by atoms with Crippen LogP contribution in [0.3, 0.4) is 0 Å². The van der Waals surface area contributed by atoms with Gasteiger partial charge in [-0.05, 0) is 35.9 Å². The van der Waals surface area contributed by atoms with Crippen LogP contribution in [-0.2, 0) is 6.42 Å². The third kappa shape index (κ3) is 4.12. The molecule has 138 valence electrons. The SMILES string of the molecule is CCc1n[nH]c(=O)n1N=Cc1ccc(OC(=O)c2ccccc2)c(OC)c1. The van der Waals surface area contributed by atoms with Crippen LogP contribution in [0.1, 0.15) is 28.7 Å². The number of ether oxygens (including phenoxy) is 2. The molecule has 1 aromatic heterocycles. The minimum Gasteiger partial charge on any atom is -0.493 e. The first-order chi connectivity index (χ1) is 13.1. The van der Waals surface area contributed by atoms with Crippen molar-refractivity contribution < 1.29 is 14.3 Å². The lowest BCUT2D eigenvalue weighted by Gasteiger charge is -2.10. The molecular weight excluding hydrogens is 348 g/mol. The molecule has 0 saturated heterocycles. The van der Waals surface area contributed by atoms with Crippen LogP contribution in [0.2, 0.25) is 0 Å². The van der Waals surface area contributed by atoms with Crippen molar-refractivity contribution in [1.82, 2.24) is 14.9 Å². The van der Waals surface area contributed by atoms with Gasteiger partial charge in [-0.3, -0.25) is 0 Å². The molecule has 27 heavy (non-hydrogen) atoms. The zero-order valence-corrected chi connectivity index (χ0v) is 14.9. The molecule has 0 aliphatic rings. The Bertz CT molecular complexity index is 1020. The lowest BCUT2D eigenvalue weighted by atomic mass is 10.2. The van der Waals surface area contributed by atoms with Crippen molar-refractivity contribution in [2.45, 2.75) is 13.3 Å². The van der Waals surface area contributed by atoms with Gasteiger partial charge in [0.2, 0.25) is 0 Å². The molecule has 0 atom stereocenters. The zero-order valence-electron chi connectivity index (χ0n) is 14.9. The zero-order chi connectivity index (χ0) is 19.2. The Labute approximate surface area is 155 Å². The van der Waals surface area contributed by atoms with Gasteiger partial charge in [0.1, 0.15) is 0 Å². The highest BCUT2D eigenvalue weighted by atomic mass is 16.6. The minimum absolute atomic E-state index is 0.290. The van der Waals surface area contributed by atoms with Gasteiger partial charge in [-0.25, -0.2) is 14.7 Å². The van der Waals surface area contributed by atoms with Crippen molar-refractivity contribution in [3.05, 3.63) is 76.0 Å². The van der Waals surface area contributed by atoms with Crippen LogP contribution in [0.25, 0.3) is 0 Å². The molecule has 8 nitrogen and oxygen atoms in total. The van der Waals surface area contributed by atoms with Gasteiger partial charge < -0.3 is 9.47 Å². The van der Waals surface area contributed by atoms with E-state index in [4.69, 9.17) is 9.47 Å². The van der Waals surface area contributed by atoms with Crippen molar-refractivity contribution >= 4 is 12.2 Å². The van der Waals surface area contributed by atoms with Crippen molar-refractivity contribution in [3.63, 3.8) is 0 Å². The third-order valence-electron chi connectivity index (χ3n) is 3.76. The van der Waals surface area contributed by atoms with Crippen LogP contribution < -0.4 is 15.2 Å². The van der Waals surface area contributed by atoms with Crippen molar-refractivity contribution in [2.24, 2.45) is 5.10 Å². The number of hydrogen-bond donors (Lipinski definition) is 1. The molecule has 0 spiro atoms. The molecule has 3 rings (SSSR count). The van der Waals surface area contributed by atoms with Gasteiger partial charge in [-0.1, -0.05) is 25.1 Å². The summed E-state index contributed by atoms with van der Waals surface area (Å²) in [5.41, 5.74) is 0.696. The number of H-pyrrole nitrogens is 1. The molecule has 0 aliphatic carbocycles. The van der Waals surface area contributed by atoms with Crippen molar-refractivity contribution in [3.8, 4) is 11.5 Å². The third-order valence-corrected chi connectivity index (χ3v) is 3.76. The van der Waals surface area contributed by atoms with Gasteiger partial charge in [0, 0.05) is 6.42 Å². The standard InChI is InChI=1S/C19H18N4O4/c1-3-17-21-22-19(25)23(17)20-12-13-9-10-15(16(11-13)26-2)27-18(24)14-7-5-4-6-8-14/h4-12H,3H2,1-2H3,(H,22,25). The van der Waals surface area contributed by atoms with Crippen LogP contribution in [0.15, 0.2) is 58.4 Å². The largest absolute Gasteiger partial charge is 0.493 e. The second-order valence-corrected chi connectivity index (χ2v) is 5.52. The average Bonchev–Trinajstić information content (AvgIpc) is 3.07. The highest BCUT2D eigenvalue weighted by Gasteiger charge is 2.12. The van der Waals surface area contributed by atoms with Gasteiger partial charge >= 0.3 is 11.7 Å². The number of aromatic nitrogens is 3. The molecule has 3 aromatic rings. The van der Waals surface area contributed by atoms with E-state index in [9.17, 15) is 9.59 Å². The number of aromatic amines is 1. The number of methoxy groups -OCH3 is 1. The summed E-state index contributed by atoms with van der Waals surface area (Å²) >= 11 is 0. The van der Waals surface area contributed by atoms with Crippen LogP contribution >= 0.6 is 0 Å². The van der Waals surface area contributed by atoms with Crippen LogP contribution in [-0.4, -0.2) is 34.2 Å². The number of hydrogen-bond acceptors (Lipinski definition) is 6. The molecule has 2 aromatic carbocycles.